The summed E-state index contributed by atoms with van der Waals surface area (Å²) >= 11 is 0. The van der Waals surface area contributed by atoms with Crippen LogP contribution >= 0.6 is 0 Å². The summed E-state index contributed by atoms with van der Waals surface area (Å²) in [5.74, 6) is -0.556. The molecule has 0 aliphatic carbocycles. The van der Waals surface area contributed by atoms with Crippen molar-refractivity contribution in [3.05, 3.63) is 35.9 Å². The number of carbonyl (C=O) groups excluding carboxylic acids is 1. The molecule has 6 heteroatoms. The molecule has 0 aromatic heterocycles. The molecule has 1 aromatic rings. The number of rotatable bonds is 6. The molecule has 6 nitrogen and oxygen atoms in total. The predicted molar refractivity (Wildman–Crippen MR) is 94.0 cm³/mol. The fourth-order valence-corrected chi connectivity index (χ4v) is 3.26. The SMILES string of the molecule is CC1(C)OCC(CNC(=O)CC2CN(Cc3ccccc3)CCO2)O1. The van der Waals surface area contributed by atoms with Crippen molar-refractivity contribution < 1.29 is 19.0 Å². The standard InChI is InChI=1S/C19H28N2O4/c1-19(2)24-14-17(25-19)11-20-18(22)10-16-13-21(8-9-23-16)12-15-6-4-3-5-7-15/h3-7,16-17H,8-14H2,1-2H3,(H,20,22). The number of hydrogen-bond acceptors (Lipinski definition) is 5. The highest BCUT2D eigenvalue weighted by atomic mass is 16.7. The molecule has 138 valence electrons. The molecule has 0 bridgehead atoms. The van der Waals surface area contributed by atoms with Gasteiger partial charge in [0.05, 0.1) is 25.7 Å². The second kappa shape index (κ2) is 8.27. The number of carbonyl (C=O) groups is 1. The summed E-state index contributed by atoms with van der Waals surface area (Å²) in [5.41, 5.74) is 1.29. The van der Waals surface area contributed by atoms with Gasteiger partial charge in [0, 0.05) is 26.2 Å². The Bertz CT molecular complexity index is 564. The van der Waals surface area contributed by atoms with Crippen molar-refractivity contribution in [2.45, 2.75) is 44.8 Å². The van der Waals surface area contributed by atoms with E-state index in [-0.39, 0.29) is 18.1 Å². The minimum Gasteiger partial charge on any atom is -0.375 e. The Morgan fingerprint density at radius 3 is 2.80 bits per heavy atom. The van der Waals surface area contributed by atoms with E-state index in [4.69, 9.17) is 14.2 Å². The molecule has 2 unspecified atom stereocenters. The number of nitrogens with one attached hydrogen (secondary N) is 1. The van der Waals surface area contributed by atoms with E-state index >= 15 is 0 Å². The summed E-state index contributed by atoms with van der Waals surface area (Å²) in [6, 6.07) is 10.4. The first-order valence-corrected chi connectivity index (χ1v) is 8.96. The third-order valence-electron chi connectivity index (χ3n) is 4.48. The molecule has 2 atom stereocenters. The lowest BCUT2D eigenvalue weighted by atomic mass is 10.1. The van der Waals surface area contributed by atoms with E-state index in [9.17, 15) is 4.79 Å². The second-order valence-corrected chi connectivity index (χ2v) is 7.17. The maximum Gasteiger partial charge on any atom is 0.222 e. The Labute approximate surface area is 149 Å². The van der Waals surface area contributed by atoms with Crippen molar-refractivity contribution in [3.8, 4) is 0 Å². The Morgan fingerprint density at radius 2 is 2.08 bits per heavy atom. The number of nitrogens with zero attached hydrogens (tertiary/aromatic N) is 1. The van der Waals surface area contributed by atoms with Gasteiger partial charge in [0.25, 0.3) is 0 Å². The van der Waals surface area contributed by atoms with Gasteiger partial charge in [-0.15, -0.1) is 0 Å². The van der Waals surface area contributed by atoms with Gasteiger partial charge < -0.3 is 19.5 Å². The van der Waals surface area contributed by atoms with Crippen molar-refractivity contribution in [1.82, 2.24) is 10.2 Å². The quantitative estimate of drug-likeness (QED) is 0.845. The van der Waals surface area contributed by atoms with Crippen LogP contribution in [0.25, 0.3) is 0 Å². The lowest BCUT2D eigenvalue weighted by Gasteiger charge is -2.32. The van der Waals surface area contributed by atoms with Crippen molar-refractivity contribution in [2.24, 2.45) is 0 Å². The summed E-state index contributed by atoms with van der Waals surface area (Å²) in [6.07, 6.45) is 0.234. The molecule has 2 heterocycles. The molecular formula is C19H28N2O4. The molecule has 3 rings (SSSR count). The summed E-state index contributed by atoms with van der Waals surface area (Å²) in [6.45, 7) is 7.98. The zero-order valence-electron chi connectivity index (χ0n) is 15.1. The van der Waals surface area contributed by atoms with Crippen LogP contribution in [-0.4, -0.2) is 61.7 Å². The van der Waals surface area contributed by atoms with Gasteiger partial charge in [-0.2, -0.15) is 0 Å². The van der Waals surface area contributed by atoms with Gasteiger partial charge in [-0.25, -0.2) is 0 Å². The molecule has 2 aliphatic heterocycles. The summed E-state index contributed by atoms with van der Waals surface area (Å²) < 4.78 is 17.0. The number of benzene rings is 1. The van der Waals surface area contributed by atoms with E-state index < -0.39 is 5.79 Å². The van der Waals surface area contributed by atoms with E-state index in [1.807, 2.05) is 19.9 Å². The molecule has 2 saturated heterocycles. The van der Waals surface area contributed by atoms with Crippen LogP contribution in [0.3, 0.4) is 0 Å². The van der Waals surface area contributed by atoms with Gasteiger partial charge >= 0.3 is 0 Å². The van der Waals surface area contributed by atoms with Gasteiger partial charge in [0.1, 0.15) is 6.10 Å². The largest absolute Gasteiger partial charge is 0.375 e. The normalized spacial score (nSPS) is 26.5. The predicted octanol–water partition coefficient (Wildman–Crippen LogP) is 1.55. The minimum atomic E-state index is -0.556. The Hall–Kier alpha value is -1.47. The topological polar surface area (TPSA) is 60.0 Å². The number of ether oxygens (including phenoxy) is 3. The van der Waals surface area contributed by atoms with Gasteiger partial charge in [-0.05, 0) is 19.4 Å². The molecule has 0 radical (unpaired) electrons. The summed E-state index contributed by atoms with van der Waals surface area (Å²) in [5, 5.41) is 2.93. The first-order chi connectivity index (χ1) is 12.0. The highest BCUT2D eigenvalue weighted by Crippen LogP contribution is 2.21. The Kier molecular flexibility index (Phi) is 6.06. The zero-order valence-corrected chi connectivity index (χ0v) is 15.1. The second-order valence-electron chi connectivity index (χ2n) is 7.17. The van der Waals surface area contributed by atoms with Crippen LogP contribution in [0.15, 0.2) is 30.3 Å². The van der Waals surface area contributed by atoms with E-state index in [0.29, 0.717) is 26.2 Å². The van der Waals surface area contributed by atoms with Crippen LogP contribution in [0.4, 0.5) is 0 Å². The number of hydrogen-bond donors (Lipinski definition) is 1. The summed E-state index contributed by atoms with van der Waals surface area (Å²) in [7, 11) is 0. The smallest absolute Gasteiger partial charge is 0.222 e. The van der Waals surface area contributed by atoms with Crippen LogP contribution in [0, 0.1) is 0 Å². The van der Waals surface area contributed by atoms with Crippen molar-refractivity contribution >= 4 is 5.91 Å². The first-order valence-electron chi connectivity index (χ1n) is 8.96. The van der Waals surface area contributed by atoms with Gasteiger partial charge in [-0.3, -0.25) is 9.69 Å². The lowest BCUT2D eigenvalue weighted by molar-refractivity contribution is -0.140. The molecule has 2 aliphatic rings. The van der Waals surface area contributed by atoms with Gasteiger partial charge in [-0.1, -0.05) is 30.3 Å². The number of morpholine rings is 1. The third-order valence-corrected chi connectivity index (χ3v) is 4.48. The van der Waals surface area contributed by atoms with Gasteiger partial charge in [0.15, 0.2) is 5.79 Å². The van der Waals surface area contributed by atoms with E-state index in [2.05, 4.69) is 34.5 Å². The molecule has 1 amide bonds. The fourth-order valence-electron chi connectivity index (χ4n) is 3.26. The van der Waals surface area contributed by atoms with Crippen molar-refractivity contribution in [3.63, 3.8) is 0 Å². The highest BCUT2D eigenvalue weighted by Gasteiger charge is 2.32. The van der Waals surface area contributed by atoms with E-state index in [0.717, 1.165) is 19.6 Å². The first kappa shape index (κ1) is 18.3. The van der Waals surface area contributed by atoms with Crippen LogP contribution in [0.5, 0.6) is 0 Å². The maximum atomic E-state index is 12.2. The molecule has 0 saturated carbocycles. The van der Waals surface area contributed by atoms with Crippen molar-refractivity contribution in [2.75, 3.05) is 32.8 Å². The maximum absolute atomic E-state index is 12.2. The molecule has 1 N–H and O–H groups in total. The van der Waals surface area contributed by atoms with Crippen molar-refractivity contribution in [1.29, 1.82) is 0 Å². The Morgan fingerprint density at radius 1 is 1.28 bits per heavy atom. The molecule has 1 aromatic carbocycles. The van der Waals surface area contributed by atoms with E-state index in [1.165, 1.54) is 5.56 Å². The average molecular weight is 348 g/mol. The minimum absolute atomic E-state index is 0.000123. The highest BCUT2D eigenvalue weighted by molar-refractivity contribution is 5.76. The van der Waals surface area contributed by atoms with Crippen LogP contribution < -0.4 is 5.32 Å². The zero-order chi connectivity index (χ0) is 17.7. The van der Waals surface area contributed by atoms with E-state index in [1.54, 1.807) is 0 Å². The summed E-state index contributed by atoms with van der Waals surface area (Å²) in [4.78, 5) is 14.5. The fraction of sp³-hybridized carbons (Fsp3) is 0.632. The third kappa shape index (κ3) is 5.78. The molecular weight excluding hydrogens is 320 g/mol. The molecule has 0 spiro atoms. The van der Waals surface area contributed by atoms with Gasteiger partial charge in [0.2, 0.25) is 5.91 Å². The number of amides is 1. The monoisotopic (exact) mass is 348 g/mol. The molecule has 2 fully saturated rings. The molecule has 25 heavy (non-hydrogen) atoms. The Balaban J connectivity index is 1.39. The lowest BCUT2D eigenvalue weighted by Crippen LogP contribution is -2.44. The average Bonchev–Trinajstić information content (AvgIpc) is 2.93. The van der Waals surface area contributed by atoms with Crippen LogP contribution in [0.1, 0.15) is 25.8 Å². The van der Waals surface area contributed by atoms with Crippen LogP contribution in [-0.2, 0) is 25.5 Å². The van der Waals surface area contributed by atoms with Crippen LogP contribution in [0.2, 0.25) is 0 Å².